The lowest BCUT2D eigenvalue weighted by Gasteiger charge is -2.19. The first-order valence-corrected chi connectivity index (χ1v) is 3.44. The molecule has 0 saturated heterocycles. The Kier molecular flexibility index (Phi) is 3.55. The van der Waals surface area contributed by atoms with E-state index in [1.807, 2.05) is 0 Å². The van der Waals surface area contributed by atoms with Crippen molar-refractivity contribution in [3.8, 4) is 6.19 Å². The van der Waals surface area contributed by atoms with E-state index in [-0.39, 0.29) is 5.91 Å². The van der Waals surface area contributed by atoms with Gasteiger partial charge in [0.25, 0.3) is 0 Å². The molecule has 0 spiro atoms. The summed E-state index contributed by atoms with van der Waals surface area (Å²) in [6, 6.07) is 0. The van der Waals surface area contributed by atoms with Crippen LogP contribution in [0.5, 0.6) is 0 Å². The van der Waals surface area contributed by atoms with Crippen LogP contribution in [0.1, 0.15) is 20.3 Å². The fourth-order valence-corrected chi connectivity index (χ4v) is 0.694. The van der Waals surface area contributed by atoms with Gasteiger partial charge in [-0.15, -0.1) is 0 Å². The molecule has 11 heavy (non-hydrogen) atoms. The fraction of sp³-hybridized carbons (Fsp3) is 0.714. The molecule has 0 aliphatic heterocycles. The first kappa shape index (κ1) is 9.92. The van der Waals surface area contributed by atoms with Gasteiger partial charge in [0.15, 0.2) is 6.19 Å². The Morgan fingerprint density at radius 1 is 1.73 bits per heavy atom. The van der Waals surface area contributed by atoms with Crippen molar-refractivity contribution in [2.45, 2.75) is 20.3 Å². The van der Waals surface area contributed by atoms with Gasteiger partial charge in [-0.05, 0) is 13.0 Å². The van der Waals surface area contributed by atoms with Crippen molar-refractivity contribution >= 4 is 5.91 Å². The molecule has 0 atom stereocenters. The van der Waals surface area contributed by atoms with Crippen molar-refractivity contribution in [2.75, 3.05) is 6.54 Å². The minimum atomic E-state index is -0.537. The lowest BCUT2D eigenvalue weighted by Crippen LogP contribution is -2.35. The second kappa shape index (κ2) is 3.94. The van der Waals surface area contributed by atoms with E-state index in [0.717, 1.165) is 0 Å². The zero-order valence-corrected chi connectivity index (χ0v) is 6.85. The van der Waals surface area contributed by atoms with Gasteiger partial charge in [-0.25, -0.2) is 0 Å². The molecule has 0 unspecified atom stereocenters. The molecule has 0 heterocycles. The van der Waals surface area contributed by atoms with Crippen LogP contribution in [0, 0.1) is 16.9 Å². The average Bonchev–Trinajstić information content (AvgIpc) is 1.88. The van der Waals surface area contributed by atoms with Crippen LogP contribution in [0.4, 0.5) is 0 Å². The van der Waals surface area contributed by atoms with Gasteiger partial charge in [-0.2, -0.15) is 5.26 Å². The maximum Gasteiger partial charge on any atom is 0.238 e. The summed E-state index contributed by atoms with van der Waals surface area (Å²) >= 11 is 0. The summed E-state index contributed by atoms with van der Waals surface area (Å²) in [6.45, 7) is 3.96. The molecule has 4 heteroatoms. The van der Waals surface area contributed by atoms with E-state index in [1.54, 1.807) is 20.0 Å². The lowest BCUT2D eigenvalue weighted by molar-refractivity contribution is -0.128. The van der Waals surface area contributed by atoms with Crippen LogP contribution in [-0.2, 0) is 4.79 Å². The van der Waals surface area contributed by atoms with E-state index in [2.05, 4.69) is 5.32 Å². The highest BCUT2D eigenvalue weighted by atomic mass is 16.2. The predicted molar refractivity (Wildman–Crippen MR) is 41.2 cm³/mol. The van der Waals surface area contributed by atoms with Crippen LogP contribution in [0.25, 0.3) is 0 Å². The van der Waals surface area contributed by atoms with Crippen molar-refractivity contribution in [3.63, 3.8) is 0 Å². The predicted octanol–water partition coefficient (Wildman–Crippen LogP) is -0.0413. The van der Waals surface area contributed by atoms with Crippen LogP contribution in [0.3, 0.4) is 0 Å². The molecule has 0 bridgehead atoms. The van der Waals surface area contributed by atoms with Gasteiger partial charge in [0.05, 0.1) is 0 Å². The Hall–Kier alpha value is -1.08. The minimum Gasteiger partial charge on any atom is -0.330 e. The van der Waals surface area contributed by atoms with Gasteiger partial charge in [-0.1, -0.05) is 13.8 Å². The molecule has 0 fully saturated rings. The Morgan fingerprint density at radius 2 is 2.27 bits per heavy atom. The molecular formula is C7H13N3O. The van der Waals surface area contributed by atoms with Crippen molar-refractivity contribution in [3.05, 3.63) is 0 Å². The summed E-state index contributed by atoms with van der Waals surface area (Å²) < 4.78 is 0. The van der Waals surface area contributed by atoms with Crippen molar-refractivity contribution in [2.24, 2.45) is 11.1 Å². The number of nitrogens with two attached hydrogens (primary N) is 1. The summed E-state index contributed by atoms with van der Waals surface area (Å²) in [5.41, 5.74) is 4.75. The maximum atomic E-state index is 11.1. The second-order valence-corrected chi connectivity index (χ2v) is 2.99. The normalized spacial score (nSPS) is 10.4. The third kappa shape index (κ3) is 3.01. The first-order chi connectivity index (χ1) is 5.04. The lowest BCUT2D eigenvalue weighted by atomic mass is 9.88. The fourth-order valence-electron chi connectivity index (χ4n) is 0.694. The van der Waals surface area contributed by atoms with Gasteiger partial charge < -0.3 is 5.73 Å². The maximum absolute atomic E-state index is 11.1. The summed E-state index contributed by atoms with van der Waals surface area (Å²) in [4.78, 5) is 11.1. The molecule has 1 amide bonds. The van der Waals surface area contributed by atoms with E-state index < -0.39 is 5.41 Å². The highest BCUT2D eigenvalue weighted by Crippen LogP contribution is 2.18. The molecule has 0 aromatic carbocycles. The highest BCUT2D eigenvalue weighted by molar-refractivity contribution is 5.82. The Balaban J connectivity index is 4.08. The quantitative estimate of drug-likeness (QED) is 0.443. The third-order valence-corrected chi connectivity index (χ3v) is 1.55. The first-order valence-electron chi connectivity index (χ1n) is 3.44. The molecule has 0 rings (SSSR count). The zero-order chi connectivity index (χ0) is 8.91. The molecule has 0 aromatic heterocycles. The number of hydrogen-bond donors (Lipinski definition) is 2. The van der Waals surface area contributed by atoms with Crippen LogP contribution in [0.15, 0.2) is 0 Å². The summed E-state index contributed by atoms with van der Waals surface area (Å²) in [5, 5.41) is 10.2. The molecule has 3 N–H and O–H groups in total. The average molecular weight is 155 g/mol. The molecule has 0 saturated carbocycles. The number of amides is 1. The molecule has 0 aliphatic carbocycles. The number of rotatable bonds is 3. The Labute approximate surface area is 66.4 Å². The zero-order valence-electron chi connectivity index (χ0n) is 6.85. The SMILES string of the molecule is CC(C)(CCN)C(=O)NC#N. The third-order valence-electron chi connectivity index (χ3n) is 1.55. The van der Waals surface area contributed by atoms with Crippen LogP contribution in [-0.4, -0.2) is 12.5 Å². The van der Waals surface area contributed by atoms with Crippen molar-refractivity contribution in [1.82, 2.24) is 5.32 Å². The minimum absolute atomic E-state index is 0.273. The van der Waals surface area contributed by atoms with E-state index >= 15 is 0 Å². The largest absolute Gasteiger partial charge is 0.330 e. The summed E-state index contributed by atoms with van der Waals surface area (Å²) in [7, 11) is 0. The van der Waals surface area contributed by atoms with E-state index in [1.165, 1.54) is 0 Å². The highest BCUT2D eigenvalue weighted by Gasteiger charge is 2.25. The number of carbonyl (C=O) groups is 1. The molecule has 62 valence electrons. The van der Waals surface area contributed by atoms with Crippen LogP contribution in [0.2, 0.25) is 0 Å². The number of nitrogens with zero attached hydrogens (tertiary/aromatic N) is 1. The van der Waals surface area contributed by atoms with Gasteiger partial charge in [0.1, 0.15) is 0 Å². The summed E-state index contributed by atoms with van der Waals surface area (Å²) in [5.74, 6) is -0.273. The molecule has 0 aromatic rings. The van der Waals surface area contributed by atoms with Crippen molar-refractivity contribution in [1.29, 1.82) is 5.26 Å². The number of carbonyl (C=O) groups excluding carboxylic acids is 1. The second-order valence-electron chi connectivity index (χ2n) is 2.99. The monoisotopic (exact) mass is 155 g/mol. The van der Waals surface area contributed by atoms with Gasteiger partial charge >= 0.3 is 0 Å². The van der Waals surface area contributed by atoms with Gasteiger partial charge in [0.2, 0.25) is 5.91 Å². The number of nitriles is 1. The van der Waals surface area contributed by atoms with Gasteiger partial charge in [-0.3, -0.25) is 10.1 Å². The molecule has 0 aliphatic rings. The van der Waals surface area contributed by atoms with E-state index in [4.69, 9.17) is 11.0 Å². The van der Waals surface area contributed by atoms with Crippen molar-refractivity contribution < 1.29 is 4.79 Å². The number of hydrogen-bond acceptors (Lipinski definition) is 3. The van der Waals surface area contributed by atoms with Crippen LogP contribution < -0.4 is 11.1 Å². The topological polar surface area (TPSA) is 78.9 Å². The van der Waals surface area contributed by atoms with Crippen LogP contribution >= 0.6 is 0 Å². The molecular weight excluding hydrogens is 142 g/mol. The Morgan fingerprint density at radius 3 is 2.64 bits per heavy atom. The Bertz CT molecular complexity index is 181. The molecule has 4 nitrogen and oxygen atoms in total. The molecule has 0 radical (unpaired) electrons. The summed E-state index contributed by atoms with van der Waals surface area (Å²) in [6.07, 6.45) is 2.18. The van der Waals surface area contributed by atoms with Gasteiger partial charge in [0, 0.05) is 5.41 Å². The van der Waals surface area contributed by atoms with E-state index in [0.29, 0.717) is 13.0 Å². The standard InChI is InChI=1S/C7H13N3O/c1-7(2,3-4-8)6(11)10-5-9/h3-4,8H2,1-2H3,(H,10,11). The van der Waals surface area contributed by atoms with E-state index in [9.17, 15) is 4.79 Å². The smallest absolute Gasteiger partial charge is 0.238 e. The number of nitrogens with one attached hydrogen (secondary N) is 1.